The maximum absolute atomic E-state index is 5.81. The normalized spacial score (nSPS) is 14.8. The second kappa shape index (κ2) is 4.75. The molecule has 2 N–H and O–H groups in total. The van der Waals surface area contributed by atoms with Gasteiger partial charge in [-0.25, -0.2) is 4.98 Å². The highest BCUT2D eigenvalue weighted by atomic mass is 32.1. The molecule has 0 aromatic carbocycles. The van der Waals surface area contributed by atoms with E-state index in [0.717, 1.165) is 29.3 Å². The number of furan rings is 1. The number of nitrogens with zero attached hydrogens (tertiary/aromatic N) is 2. The minimum Gasteiger partial charge on any atom is -0.463 e. The first-order valence-electron chi connectivity index (χ1n) is 7.14. The summed E-state index contributed by atoms with van der Waals surface area (Å²) < 4.78 is 7.87. The Hall–Kier alpha value is -1.59. The van der Waals surface area contributed by atoms with Crippen molar-refractivity contribution >= 4 is 16.3 Å². The molecule has 3 aromatic rings. The highest BCUT2D eigenvalue weighted by molar-refractivity contribution is 7.17. The van der Waals surface area contributed by atoms with E-state index in [9.17, 15) is 0 Å². The molecule has 20 heavy (non-hydrogen) atoms. The molecule has 3 aromatic heterocycles. The lowest BCUT2D eigenvalue weighted by Gasteiger charge is -2.12. The third-order valence-corrected chi connectivity index (χ3v) is 5.09. The van der Waals surface area contributed by atoms with Gasteiger partial charge in [0.15, 0.2) is 10.7 Å². The smallest absolute Gasteiger partial charge is 0.195 e. The van der Waals surface area contributed by atoms with E-state index in [-0.39, 0.29) is 0 Å². The fourth-order valence-corrected chi connectivity index (χ4v) is 4.30. The van der Waals surface area contributed by atoms with Crippen molar-refractivity contribution < 1.29 is 4.42 Å². The maximum Gasteiger partial charge on any atom is 0.195 e. The molecular formula is C15H17N3OS. The van der Waals surface area contributed by atoms with Crippen LogP contribution in [0.3, 0.4) is 0 Å². The van der Waals surface area contributed by atoms with E-state index in [1.54, 1.807) is 6.26 Å². The predicted molar refractivity (Wildman–Crippen MR) is 80.2 cm³/mol. The van der Waals surface area contributed by atoms with Gasteiger partial charge in [-0.15, -0.1) is 11.3 Å². The lowest BCUT2D eigenvalue weighted by molar-refractivity contribution is 0.579. The molecule has 0 unspecified atom stereocenters. The van der Waals surface area contributed by atoms with Crippen molar-refractivity contribution in [3.63, 3.8) is 0 Å². The molecule has 1 aliphatic rings. The quantitative estimate of drug-likeness (QED) is 0.805. The van der Waals surface area contributed by atoms with Gasteiger partial charge < -0.3 is 10.2 Å². The van der Waals surface area contributed by atoms with Crippen LogP contribution < -0.4 is 5.73 Å². The lowest BCUT2D eigenvalue weighted by Crippen LogP contribution is -2.09. The minimum absolute atomic E-state index is 0.631. The average Bonchev–Trinajstić information content (AvgIpc) is 3.14. The topological polar surface area (TPSA) is 56.5 Å². The van der Waals surface area contributed by atoms with E-state index in [1.807, 2.05) is 23.5 Å². The first-order valence-corrected chi connectivity index (χ1v) is 7.96. The minimum atomic E-state index is 0.631. The van der Waals surface area contributed by atoms with Crippen molar-refractivity contribution in [2.45, 2.75) is 32.1 Å². The van der Waals surface area contributed by atoms with Gasteiger partial charge in [-0.2, -0.15) is 0 Å². The largest absolute Gasteiger partial charge is 0.463 e. The summed E-state index contributed by atoms with van der Waals surface area (Å²) in [6.07, 6.45) is 7.45. The molecule has 1 aliphatic carbocycles. The summed E-state index contributed by atoms with van der Waals surface area (Å²) in [7, 11) is 0. The van der Waals surface area contributed by atoms with Crippen LogP contribution in [0, 0.1) is 0 Å². The van der Waals surface area contributed by atoms with Gasteiger partial charge in [-0.3, -0.25) is 4.40 Å². The molecule has 0 bridgehead atoms. The van der Waals surface area contributed by atoms with Crippen molar-refractivity contribution in [1.82, 2.24) is 9.38 Å². The molecule has 0 spiro atoms. The summed E-state index contributed by atoms with van der Waals surface area (Å²) in [6, 6.07) is 3.88. The number of nitrogens with two attached hydrogens (primary N) is 1. The highest BCUT2D eigenvalue weighted by Gasteiger charge is 2.23. The number of imidazole rings is 1. The van der Waals surface area contributed by atoms with Gasteiger partial charge in [0.1, 0.15) is 5.69 Å². The second-order valence-electron chi connectivity index (χ2n) is 5.22. The van der Waals surface area contributed by atoms with Crippen LogP contribution in [0.4, 0.5) is 0 Å². The summed E-state index contributed by atoms with van der Waals surface area (Å²) in [5.74, 6) is 0.842. The van der Waals surface area contributed by atoms with Gasteiger partial charge in [0.2, 0.25) is 0 Å². The molecule has 0 radical (unpaired) electrons. The number of hydrogen-bond acceptors (Lipinski definition) is 4. The number of hydrogen-bond donors (Lipinski definition) is 1. The van der Waals surface area contributed by atoms with Gasteiger partial charge >= 0.3 is 0 Å². The predicted octanol–water partition coefficient (Wildman–Crippen LogP) is 3.04. The Morgan fingerprint density at radius 2 is 2.25 bits per heavy atom. The Bertz CT molecular complexity index is 739. The van der Waals surface area contributed by atoms with E-state index >= 15 is 0 Å². The summed E-state index contributed by atoms with van der Waals surface area (Å²) >= 11 is 1.83. The molecule has 0 amide bonds. The van der Waals surface area contributed by atoms with Gasteiger partial charge in [-0.05, 0) is 44.4 Å². The van der Waals surface area contributed by atoms with Crippen LogP contribution in [0.1, 0.15) is 29.1 Å². The number of aromatic nitrogens is 2. The van der Waals surface area contributed by atoms with E-state index in [1.165, 1.54) is 35.5 Å². The van der Waals surface area contributed by atoms with Crippen LogP contribution in [0.5, 0.6) is 0 Å². The number of aryl methyl sites for hydroxylation is 2. The third-order valence-electron chi connectivity index (χ3n) is 3.95. The molecule has 0 saturated heterocycles. The van der Waals surface area contributed by atoms with Crippen LogP contribution >= 0.6 is 11.3 Å². The molecule has 0 fully saturated rings. The fraction of sp³-hybridized carbons (Fsp3) is 0.400. The monoisotopic (exact) mass is 287 g/mol. The lowest BCUT2D eigenvalue weighted by atomic mass is 10.0. The summed E-state index contributed by atoms with van der Waals surface area (Å²) in [6.45, 7) is 0.631. The Morgan fingerprint density at radius 3 is 3.05 bits per heavy atom. The molecular weight excluding hydrogens is 270 g/mol. The summed E-state index contributed by atoms with van der Waals surface area (Å²) in [5, 5.41) is 0. The fourth-order valence-electron chi connectivity index (χ4n) is 3.07. The molecule has 5 heteroatoms. The Balaban J connectivity index is 1.97. The molecule has 0 aliphatic heterocycles. The van der Waals surface area contributed by atoms with Crippen LogP contribution in [-0.2, 0) is 19.3 Å². The van der Waals surface area contributed by atoms with Crippen molar-refractivity contribution in [2.75, 3.05) is 6.54 Å². The molecule has 3 heterocycles. The maximum atomic E-state index is 5.81. The van der Waals surface area contributed by atoms with Crippen molar-refractivity contribution in [2.24, 2.45) is 5.73 Å². The summed E-state index contributed by atoms with van der Waals surface area (Å²) in [5.41, 5.74) is 9.42. The molecule has 4 rings (SSSR count). The molecule has 0 saturated carbocycles. The van der Waals surface area contributed by atoms with Crippen LogP contribution in [0.25, 0.3) is 16.4 Å². The SMILES string of the molecule is NCCc1c(-c2ccco2)nc2sc3c(n12)CCCC3. The molecule has 4 nitrogen and oxygen atoms in total. The highest BCUT2D eigenvalue weighted by Crippen LogP contribution is 2.35. The van der Waals surface area contributed by atoms with Crippen molar-refractivity contribution in [3.8, 4) is 11.5 Å². The van der Waals surface area contributed by atoms with Gasteiger partial charge in [0.25, 0.3) is 0 Å². The van der Waals surface area contributed by atoms with Crippen LogP contribution in [0.2, 0.25) is 0 Å². The average molecular weight is 287 g/mol. The first kappa shape index (κ1) is 12.2. The standard InChI is InChI=1S/C15H17N3OS/c16-8-7-11-14(12-5-3-9-19-12)17-15-18(11)10-4-1-2-6-13(10)20-15/h3,5,9H,1-2,4,6-8,16H2. The van der Waals surface area contributed by atoms with Gasteiger partial charge in [0.05, 0.1) is 12.0 Å². The Labute approximate surface area is 121 Å². The zero-order valence-electron chi connectivity index (χ0n) is 11.3. The zero-order valence-corrected chi connectivity index (χ0v) is 12.1. The van der Waals surface area contributed by atoms with E-state index in [4.69, 9.17) is 15.1 Å². The second-order valence-corrected chi connectivity index (χ2v) is 6.28. The zero-order chi connectivity index (χ0) is 13.5. The third kappa shape index (κ3) is 1.73. The van der Waals surface area contributed by atoms with E-state index in [0.29, 0.717) is 6.54 Å². The number of rotatable bonds is 3. The first-order chi connectivity index (χ1) is 9.88. The molecule has 0 atom stereocenters. The summed E-state index contributed by atoms with van der Waals surface area (Å²) in [4.78, 5) is 7.40. The number of fused-ring (bicyclic) bond motifs is 3. The van der Waals surface area contributed by atoms with Crippen LogP contribution in [-0.4, -0.2) is 15.9 Å². The van der Waals surface area contributed by atoms with E-state index < -0.39 is 0 Å². The van der Waals surface area contributed by atoms with Gasteiger partial charge in [-0.1, -0.05) is 0 Å². The van der Waals surface area contributed by atoms with Crippen molar-refractivity contribution in [3.05, 3.63) is 34.7 Å². The van der Waals surface area contributed by atoms with Crippen molar-refractivity contribution in [1.29, 1.82) is 0 Å². The number of thiazole rings is 1. The molecule has 104 valence electrons. The Kier molecular flexibility index (Phi) is 2.89. The van der Waals surface area contributed by atoms with Gasteiger partial charge in [0, 0.05) is 17.0 Å². The Morgan fingerprint density at radius 1 is 1.35 bits per heavy atom. The van der Waals surface area contributed by atoms with E-state index in [2.05, 4.69) is 4.40 Å². The van der Waals surface area contributed by atoms with Crippen LogP contribution in [0.15, 0.2) is 22.8 Å².